The van der Waals surface area contributed by atoms with E-state index in [2.05, 4.69) is 4.99 Å². The highest BCUT2D eigenvalue weighted by Gasteiger charge is 2.02. The quantitative estimate of drug-likeness (QED) is 0.529. The SMILES string of the molecule is NCCC1=CC(N)=NC1. The first-order valence-electron chi connectivity index (χ1n) is 3.02. The molecule has 0 atom stereocenters. The molecule has 0 amide bonds. The summed E-state index contributed by atoms with van der Waals surface area (Å²) in [5.74, 6) is 0.637. The van der Waals surface area contributed by atoms with Gasteiger partial charge in [0, 0.05) is 0 Å². The normalized spacial score (nSPS) is 17.4. The van der Waals surface area contributed by atoms with Gasteiger partial charge in [-0.25, -0.2) is 0 Å². The number of hydrogen-bond acceptors (Lipinski definition) is 3. The number of rotatable bonds is 2. The summed E-state index contributed by atoms with van der Waals surface area (Å²) in [4.78, 5) is 3.98. The van der Waals surface area contributed by atoms with Gasteiger partial charge in [0.1, 0.15) is 5.84 Å². The second-order valence-electron chi connectivity index (χ2n) is 2.08. The Labute approximate surface area is 54.4 Å². The van der Waals surface area contributed by atoms with Crippen molar-refractivity contribution in [2.75, 3.05) is 13.1 Å². The average Bonchev–Trinajstić information content (AvgIpc) is 2.17. The third kappa shape index (κ3) is 1.54. The molecule has 0 aromatic rings. The minimum absolute atomic E-state index is 0.637. The van der Waals surface area contributed by atoms with Crippen LogP contribution in [0.2, 0.25) is 0 Å². The summed E-state index contributed by atoms with van der Waals surface area (Å²) in [6.07, 6.45) is 2.82. The van der Waals surface area contributed by atoms with Gasteiger partial charge in [-0.2, -0.15) is 0 Å². The Hall–Kier alpha value is -0.830. The van der Waals surface area contributed by atoms with E-state index in [1.807, 2.05) is 6.08 Å². The molecule has 0 aromatic heterocycles. The number of hydrogen-bond donors (Lipinski definition) is 2. The highest BCUT2D eigenvalue weighted by Crippen LogP contribution is 2.05. The van der Waals surface area contributed by atoms with E-state index in [-0.39, 0.29) is 0 Å². The van der Waals surface area contributed by atoms with Gasteiger partial charge in [0.05, 0.1) is 6.54 Å². The molecule has 0 saturated heterocycles. The largest absolute Gasteiger partial charge is 0.384 e. The van der Waals surface area contributed by atoms with Gasteiger partial charge in [0.2, 0.25) is 0 Å². The fraction of sp³-hybridized carbons (Fsp3) is 0.500. The summed E-state index contributed by atoms with van der Waals surface area (Å²) in [6, 6.07) is 0. The van der Waals surface area contributed by atoms with Gasteiger partial charge < -0.3 is 11.5 Å². The fourth-order valence-corrected chi connectivity index (χ4v) is 0.830. The third-order valence-electron chi connectivity index (χ3n) is 1.28. The first-order chi connectivity index (χ1) is 4.33. The lowest BCUT2D eigenvalue weighted by atomic mass is 10.2. The van der Waals surface area contributed by atoms with E-state index in [1.165, 1.54) is 5.57 Å². The van der Waals surface area contributed by atoms with E-state index in [4.69, 9.17) is 11.5 Å². The number of aliphatic imine (C=N–C) groups is 1. The van der Waals surface area contributed by atoms with Crippen molar-refractivity contribution in [3.05, 3.63) is 11.6 Å². The predicted octanol–water partition coefficient (Wildman–Crippen LogP) is -0.368. The van der Waals surface area contributed by atoms with Gasteiger partial charge in [-0.15, -0.1) is 0 Å². The van der Waals surface area contributed by atoms with Crippen LogP contribution < -0.4 is 11.5 Å². The molecular weight excluding hydrogens is 114 g/mol. The van der Waals surface area contributed by atoms with Gasteiger partial charge in [-0.05, 0) is 24.6 Å². The lowest BCUT2D eigenvalue weighted by molar-refractivity contribution is 0.925. The van der Waals surface area contributed by atoms with Crippen LogP contribution in [0, 0.1) is 0 Å². The zero-order valence-corrected chi connectivity index (χ0v) is 5.30. The van der Waals surface area contributed by atoms with Gasteiger partial charge >= 0.3 is 0 Å². The second-order valence-corrected chi connectivity index (χ2v) is 2.08. The summed E-state index contributed by atoms with van der Waals surface area (Å²) >= 11 is 0. The second kappa shape index (κ2) is 2.64. The summed E-state index contributed by atoms with van der Waals surface area (Å²) < 4.78 is 0. The average molecular weight is 125 g/mol. The topological polar surface area (TPSA) is 64.4 Å². The van der Waals surface area contributed by atoms with Crippen molar-refractivity contribution in [1.29, 1.82) is 0 Å². The van der Waals surface area contributed by atoms with Crippen molar-refractivity contribution in [2.24, 2.45) is 16.5 Å². The Morgan fingerprint density at radius 1 is 1.67 bits per heavy atom. The molecule has 50 valence electrons. The summed E-state index contributed by atoms with van der Waals surface area (Å²) in [5.41, 5.74) is 12.0. The van der Waals surface area contributed by atoms with Crippen LogP contribution in [0.15, 0.2) is 16.6 Å². The lowest BCUT2D eigenvalue weighted by Crippen LogP contribution is -2.04. The molecular formula is C6H11N3. The molecule has 0 unspecified atom stereocenters. The molecule has 1 heterocycles. The standard InChI is InChI=1S/C6H11N3/c7-2-1-5-3-6(8)9-4-5/h3H,1-2,4,7H2,(H2,8,9). The van der Waals surface area contributed by atoms with Gasteiger partial charge in [-0.1, -0.05) is 0 Å². The molecule has 4 N–H and O–H groups in total. The van der Waals surface area contributed by atoms with E-state index < -0.39 is 0 Å². The minimum Gasteiger partial charge on any atom is -0.384 e. The summed E-state index contributed by atoms with van der Waals surface area (Å²) in [7, 11) is 0. The predicted molar refractivity (Wildman–Crippen MR) is 38.2 cm³/mol. The Bertz CT molecular complexity index is 158. The van der Waals surface area contributed by atoms with Crippen LogP contribution in [0.1, 0.15) is 6.42 Å². The third-order valence-corrected chi connectivity index (χ3v) is 1.28. The number of nitrogens with two attached hydrogens (primary N) is 2. The van der Waals surface area contributed by atoms with Crippen LogP contribution >= 0.6 is 0 Å². The molecule has 9 heavy (non-hydrogen) atoms. The first-order valence-corrected chi connectivity index (χ1v) is 3.02. The Morgan fingerprint density at radius 2 is 2.44 bits per heavy atom. The fourth-order valence-electron chi connectivity index (χ4n) is 0.830. The van der Waals surface area contributed by atoms with Crippen molar-refractivity contribution in [2.45, 2.75) is 6.42 Å². The molecule has 0 fully saturated rings. The van der Waals surface area contributed by atoms with E-state index in [0.29, 0.717) is 12.4 Å². The minimum atomic E-state index is 0.637. The van der Waals surface area contributed by atoms with Crippen molar-refractivity contribution >= 4 is 5.84 Å². The summed E-state index contributed by atoms with van der Waals surface area (Å²) in [5, 5.41) is 0. The van der Waals surface area contributed by atoms with E-state index in [1.54, 1.807) is 0 Å². The van der Waals surface area contributed by atoms with Crippen LogP contribution in [-0.4, -0.2) is 18.9 Å². The van der Waals surface area contributed by atoms with Crippen LogP contribution in [0.5, 0.6) is 0 Å². The molecule has 3 heteroatoms. The van der Waals surface area contributed by atoms with Gasteiger partial charge in [-0.3, -0.25) is 4.99 Å². The maximum atomic E-state index is 5.39. The monoisotopic (exact) mass is 125 g/mol. The van der Waals surface area contributed by atoms with E-state index >= 15 is 0 Å². The molecule has 0 aliphatic carbocycles. The smallest absolute Gasteiger partial charge is 0.118 e. The lowest BCUT2D eigenvalue weighted by Gasteiger charge is -1.92. The van der Waals surface area contributed by atoms with Crippen molar-refractivity contribution < 1.29 is 0 Å². The number of nitrogens with zero attached hydrogens (tertiary/aromatic N) is 1. The molecule has 0 radical (unpaired) electrons. The van der Waals surface area contributed by atoms with Crippen LogP contribution in [-0.2, 0) is 0 Å². The van der Waals surface area contributed by atoms with Crippen molar-refractivity contribution in [3.8, 4) is 0 Å². The zero-order valence-electron chi connectivity index (χ0n) is 5.30. The van der Waals surface area contributed by atoms with Crippen LogP contribution in [0.3, 0.4) is 0 Å². The van der Waals surface area contributed by atoms with E-state index in [9.17, 15) is 0 Å². The molecule has 1 aliphatic heterocycles. The molecule has 0 saturated carbocycles. The Balaban J connectivity index is 2.41. The highest BCUT2D eigenvalue weighted by molar-refractivity contribution is 5.94. The van der Waals surface area contributed by atoms with Crippen LogP contribution in [0.25, 0.3) is 0 Å². The van der Waals surface area contributed by atoms with Gasteiger partial charge in [0.15, 0.2) is 0 Å². The van der Waals surface area contributed by atoms with Gasteiger partial charge in [0.25, 0.3) is 0 Å². The number of amidine groups is 1. The Kier molecular flexibility index (Phi) is 1.85. The molecule has 1 rings (SSSR count). The van der Waals surface area contributed by atoms with E-state index in [0.717, 1.165) is 13.0 Å². The maximum Gasteiger partial charge on any atom is 0.118 e. The van der Waals surface area contributed by atoms with Crippen molar-refractivity contribution in [3.63, 3.8) is 0 Å². The zero-order chi connectivity index (χ0) is 6.69. The molecule has 1 aliphatic rings. The van der Waals surface area contributed by atoms with Crippen LogP contribution in [0.4, 0.5) is 0 Å². The highest BCUT2D eigenvalue weighted by atomic mass is 14.9. The molecule has 3 nitrogen and oxygen atoms in total. The molecule has 0 bridgehead atoms. The Morgan fingerprint density at radius 3 is 2.89 bits per heavy atom. The van der Waals surface area contributed by atoms with Crippen molar-refractivity contribution in [1.82, 2.24) is 0 Å². The maximum absolute atomic E-state index is 5.39. The summed E-state index contributed by atoms with van der Waals surface area (Å²) in [6.45, 7) is 1.44. The molecule has 0 spiro atoms. The first kappa shape index (κ1) is 6.29. The molecule has 0 aromatic carbocycles.